The van der Waals surface area contributed by atoms with Crippen LogP contribution in [0.15, 0.2) is 41.2 Å². The van der Waals surface area contributed by atoms with Crippen molar-refractivity contribution >= 4 is 5.65 Å². The van der Waals surface area contributed by atoms with E-state index in [2.05, 4.69) is 50.1 Å². The van der Waals surface area contributed by atoms with Gasteiger partial charge in [-0.05, 0) is 36.3 Å². The van der Waals surface area contributed by atoms with Crippen LogP contribution in [0, 0.1) is 0 Å². The molecule has 0 radical (unpaired) electrons. The number of benzene rings is 1. The van der Waals surface area contributed by atoms with E-state index >= 15 is 0 Å². The maximum Gasteiger partial charge on any atom is 0.272 e. The molecule has 3 aromatic rings. The fraction of sp³-hybridized carbons (Fsp3) is 0.400. The SMILES string of the molecule is CC(C)(C)c1cc2nc(CC3CCc4ccccc43)cc(=O)n2[nH]1. The average Bonchev–Trinajstić information content (AvgIpc) is 3.12. The Hall–Kier alpha value is -2.36. The molecule has 1 N–H and O–H groups in total. The minimum absolute atomic E-state index is 0.0308. The highest BCUT2D eigenvalue weighted by atomic mass is 16.1. The maximum absolute atomic E-state index is 12.5. The van der Waals surface area contributed by atoms with Gasteiger partial charge in [-0.15, -0.1) is 0 Å². The Balaban J connectivity index is 1.70. The topological polar surface area (TPSA) is 50.2 Å². The minimum atomic E-state index is -0.0370. The predicted octanol–water partition coefficient (Wildman–Crippen LogP) is 3.59. The molecule has 0 saturated heterocycles. The lowest BCUT2D eigenvalue weighted by Gasteiger charge is -2.14. The summed E-state index contributed by atoms with van der Waals surface area (Å²) in [6.45, 7) is 6.37. The van der Waals surface area contributed by atoms with Gasteiger partial charge in [0.2, 0.25) is 0 Å². The number of hydrogen-bond donors (Lipinski definition) is 1. The van der Waals surface area contributed by atoms with Crippen molar-refractivity contribution in [1.29, 1.82) is 0 Å². The Morgan fingerprint density at radius 3 is 2.83 bits per heavy atom. The van der Waals surface area contributed by atoms with Crippen LogP contribution in [0.5, 0.6) is 0 Å². The van der Waals surface area contributed by atoms with Gasteiger partial charge < -0.3 is 0 Å². The summed E-state index contributed by atoms with van der Waals surface area (Å²) >= 11 is 0. The first kappa shape index (κ1) is 15.2. The van der Waals surface area contributed by atoms with E-state index in [0.717, 1.165) is 30.7 Å². The van der Waals surface area contributed by atoms with Gasteiger partial charge in [0.15, 0.2) is 5.65 Å². The summed E-state index contributed by atoms with van der Waals surface area (Å²) in [5.74, 6) is 0.469. The lowest BCUT2D eigenvalue weighted by atomic mass is 9.93. The van der Waals surface area contributed by atoms with Crippen LogP contribution < -0.4 is 5.56 Å². The summed E-state index contributed by atoms with van der Waals surface area (Å²) < 4.78 is 1.55. The maximum atomic E-state index is 12.5. The number of H-pyrrole nitrogens is 1. The van der Waals surface area contributed by atoms with Crippen LogP contribution in [0.25, 0.3) is 5.65 Å². The van der Waals surface area contributed by atoms with E-state index in [4.69, 9.17) is 4.98 Å². The van der Waals surface area contributed by atoms with Gasteiger partial charge in [-0.25, -0.2) is 9.50 Å². The number of aromatic amines is 1. The highest BCUT2D eigenvalue weighted by molar-refractivity contribution is 5.42. The van der Waals surface area contributed by atoms with Gasteiger partial charge in [0.1, 0.15) is 0 Å². The van der Waals surface area contributed by atoms with Crippen molar-refractivity contribution in [3.63, 3.8) is 0 Å². The Morgan fingerprint density at radius 1 is 1.25 bits per heavy atom. The second-order valence-corrected chi connectivity index (χ2v) is 7.84. The van der Waals surface area contributed by atoms with E-state index in [-0.39, 0.29) is 11.0 Å². The summed E-state index contributed by atoms with van der Waals surface area (Å²) in [6.07, 6.45) is 3.10. The monoisotopic (exact) mass is 321 g/mol. The molecule has 0 aliphatic heterocycles. The van der Waals surface area contributed by atoms with Crippen molar-refractivity contribution in [1.82, 2.24) is 14.6 Å². The van der Waals surface area contributed by atoms with E-state index in [1.807, 2.05) is 6.07 Å². The van der Waals surface area contributed by atoms with Gasteiger partial charge in [0, 0.05) is 28.9 Å². The molecule has 2 heterocycles. The van der Waals surface area contributed by atoms with Crippen molar-refractivity contribution in [2.24, 2.45) is 0 Å². The molecule has 1 aromatic carbocycles. The molecule has 0 fully saturated rings. The van der Waals surface area contributed by atoms with E-state index in [1.165, 1.54) is 11.1 Å². The van der Waals surface area contributed by atoms with Gasteiger partial charge in [0.25, 0.3) is 5.56 Å². The first-order valence-electron chi connectivity index (χ1n) is 8.62. The van der Waals surface area contributed by atoms with Crippen LogP contribution in [0.1, 0.15) is 55.6 Å². The molecule has 2 aromatic heterocycles. The summed E-state index contributed by atoms with van der Waals surface area (Å²) in [5, 5.41) is 3.18. The first-order chi connectivity index (χ1) is 11.4. The molecule has 124 valence electrons. The van der Waals surface area contributed by atoms with Gasteiger partial charge in [0.05, 0.1) is 0 Å². The fourth-order valence-corrected chi connectivity index (χ4v) is 3.64. The molecular formula is C20H23N3O. The molecule has 4 nitrogen and oxygen atoms in total. The van der Waals surface area contributed by atoms with Crippen molar-refractivity contribution in [2.45, 2.75) is 51.4 Å². The molecule has 1 unspecified atom stereocenters. The number of hydrogen-bond acceptors (Lipinski definition) is 2. The van der Waals surface area contributed by atoms with Crippen molar-refractivity contribution < 1.29 is 0 Å². The van der Waals surface area contributed by atoms with E-state index in [1.54, 1.807) is 10.6 Å². The van der Waals surface area contributed by atoms with Crippen LogP contribution in [0.2, 0.25) is 0 Å². The molecule has 24 heavy (non-hydrogen) atoms. The molecule has 0 spiro atoms. The Bertz CT molecular complexity index is 959. The summed E-state index contributed by atoms with van der Waals surface area (Å²) in [4.78, 5) is 17.2. The first-order valence-corrected chi connectivity index (χ1v) is 8.62. The largest absolute Gasteiger partial charge is 0.293 e. The van der Waals surface area contributed by atoms with Crippen molar-refractivity contribution in [3.8, 4) is 0 Å². The molecule has 0 bridgehead atoms. The zero-order valence-electron chi connectivity index (χ0n) is 14.5. The quantitative estimate of drug-likeness (QED) is 0.784. The fourth-order valence-electron chi connectivity index (χ4n) is 3.64. The summed E-state index contributed by atoms with van der Waals surface area (Å²) in [6, 6.07) is 12.3. The Kier molecular flexibility index (Phi) is 3.37. The molecule has 4 heteroatoms. The normalized spacial score (nSPS) is 17.4. The molecule has 1 aliphatic carbocycles. The number of nitrogens with one attached hydrogen (secondary N) is 1. The number of fused-ring (bicyclic) bond motifs is 2. The van der Waals surface area contributed by atoms with Crippen LogP contribution in [0.3, 0.4) is 0 Å². The lowest BCUT2D eigenvalue weighted by molar-refractivity contribution is 0.561. The van der Waals surface area contributed by atoms with Crippen molar-refractivity contribution in [3.05, 3.63) is 69.3 Å². The standard InChI is InChI=1S/C20H23N3O/c1-20(2,3)17-12-18-21-15(11-19(24)23(18)22-17)10-14-9-8-13-6-4-5-7-16(13)14/h4-7,11-12,14,22H,8-10H2,1-3H3. The van der Waals surface area contributed by atoms with Crippen LogP contribution in [-0.4, -0.2) is 14.6 Å². The van der Waals surface area contributed by atoms with Crippen LogP contribution >= 0.6 is 0 Å². The van der Waals surface area contributed by atoms with Crippen molar-refractivity contribution in [2.75, 3.05) is 0 Å². The van der Waals surface area contributed by atoms with Crippen LogP contribution in [-0.2, 0) is 18.3 Å². The third-order valence-electron chi connectivity index (χ3n) is 5.02. The van der Waals surface area contributed by atoms with E-state index < -0.39 is 0 Å². The summed E-state index contributed by atoms with van der Waals surface area (Å²) in [7, 11) is 0. The third kappa shape index (κ3) is 2.56. The minimum Gasteiger partial charge on any atom is -0.293 e. The second kappa shape index (κ2) is 5.33. The highest BCUT2D eigenvalue weighted by Crippen LogP contribution is 2.34. The molecule has 0 amide bonds. The van der Waals surface area contributed by atoms with Gasteiger partial charge >= 0.3 is 0 Å². The number of aromatic nitrogens is 3. The van der Waals surface area contributed by atoms with Gasteiger partial charge in [-0.3, -0.25) is 9.89 Å². The Labute approximate surface area is 141 Å². The zero-order chi connectivity index (χ0) is 16.9. The van der Waals surface area contributed by atoms with Crippen LogP contribution in [0.4, 0.5) is 0 Å². The third-order valence-corrected chi connectivity index (χ3v) is 5.02. The van der Waals surface area contributed by atoms with Gasteiger partial charge in [-0.1, -0.05) is 45.0 Å². The predicted molar refractivity (Wildman–Crippen MR) is 95.7 cm³/mol. The molecular weight excluding hydrogens is 298 g/mol. The molecule has 4 rings (SSSR count). The van der Waals surface area contributed by atoms with E-state index in [9.17, 15) is 4.79 Å². The number of nitrogens with zero attached hydrogens (tertiary/aromatic N) is 2. The molecule has 1 aliphatic rings. The lowest BCUT2D eigenvalue weighted by Crippen LogP contribution is -2.18. The second-order valence-electron chi connectivity index (χ2n) is 7.84. The molecule has 0 saturated carbocycles. The Morgan fingerprint density at radius 2 is 2.04 bits per heavy atom. The smallest absolute Gasteiger partial charge is 0.272 e. The molecule has 1 atom stereocenters. The average molecular weight is 321 g/mol. The highest BCUT2D eigenvalue weighted by Gasteiger charge is 2.23. The van der Waals surface area contributed by atoms with E-state index in [0.29, 0.717) is 11.6 Å². The number of aryl methyl sites for hydroxylation is 1. The number of rotatable bonds is 2. The zero-order valence-corrected chi connectivity index (χ0v) is 14.5. The van der Waals surface area contributed by atoms with Gasteiger partial charge in [-0.2, -0.15) is 0 Å². The summed E-state index contributed by atoms with van der Waals surface area (Å²) in [5.41, 5.74) is 5.42.